The Balaban J connectivity index is 1.37. The summed E-state index contributed by atoms with van der Waals surface area (Å²) in [4.78, 5) is 28.8. The Morgan fingerprint density at radius 1 is 1.00 bits per heavy atom. The summed E-state index contributed by atoms with van der Waals surface area (Å²) >= 11 is 0. The molecular formula is C23H25N3O2. The van der Waals surface area contributed by atoms with Gasteiger partial charge in [-0.1, -0.05) is 43.3 Å². The Kier molecular flexibility index (Phi) is 4.90. The topological polar surface area (TPSA) is 74.0 Å². The smallest absolute Gasteiger partial charge is 0.240 e. The number of amides is 2. The molecule has 1 saturated carbocycles. The lowest BCUT2D eigenvalue weighted by atomic mass is 10.0. The second-order valence-corrected chi connectivity index (χ2v) is 7.41. The van der Waals surface area contributed by atoms with Crippen LogP contribution in [0.4, 0.5) is 5.69 Å². The number of rotatable bonds is 7. The number of aryl methyl sites for hydroxylation is 1. The quantitative estimate of drug-likeness (QED) is 0.550. The third-order valence-electron chi connectivity index (χ3n) is 5.62. The largest absolute Gasteiger partial charge is 0.361 e. The minimum atomic E-state index is -0.916. The van der Waals surface area contributed by atoms with E-state index in [4.69, 9.17) is 0 Å². The maximum Gasteiger partial charge on any atom is 0.240 e. The average molecular weight is 375 g/mol. The van der Waals surface area contributed by atoms with Gasteiger partial charge in [0.1, 0.15) is 5.41 Å². The summed E-state index contributed by atoms with van der Waals surface area (Å²) in [7, 11) is 0. The van der Waals surface area contributed by atoms with E-state index in [0.717, 1.165) is 29.6 Å². The Morgan fingerprint density at radius 3 is 2.54 bits per heavy atom. The van der Waals surface area contributed by atoms with Crippen molar-refractivity contribution in [3.8, 4) is 0 Å². The maximum absolute atomic E-state index is 12.8. The molecule has 5 heteroatoms. The minimum absolute atomic E-state index is 0.168. The summed E-state index contributed by atoms with van der Waals surface area (Å²) < 4.78 is 0. The van der Waals surface area contributed by atoms with E-state index in [1.165, 1.54) is 10.9 Å². The van der Waals surface area contributed by atoms with Crippen LogP contribution in [0.2, 0.25) is 0 Å². The second-order valence-electron chi connectivity index (χ2n) is 7.41. The summed E-state index contributed by atoms with van der Waals surface area (Å²) in [5, 5.41) is 7.11. The van der Waals surface area contributed by atoms with E-state index in [1.807, 2.05) is 48.7 Å². The van der Waals surface area contributed by atoms with Crippen molar-refractivity contribution in [3.63, 3.8) is 0 Å². The van der Waals surface area contributed by atoms with Crippen LogP contribution < -0.4 is 10.6 Å². The Hall–Kier alpha value is -3.08. The van der Waals surface area contributed by atoms with Crippen molar-refractivity contribution >= 4 is 28.4 Å². The van der Waals surface area contributed by atoms with Gasteiger partial charge in [0.2, 0.25) is 11.8 Å². The van der Waals surface area contributed by atoms with Crippen molar-refractivity contribution in [1.82, 2.24) is 10.3 Å². The molecule has 2 aromatic carbocycles. The third kappa shape index (κ3) is 3.40. The average Bonchev–Trinajstić information content (AvgIpc) is 3.45. The molecule has 28 heavy (non-hydrogen) atoms. The summed E-state index contributed by atoms with van der Waals surface area (Å²) in [6.07, 6.45) is 4.75. The number of anilines is 1. The van der Waals surface area contributed by atoms with Crippen LogP contribution in [0.5, 0.6) is 0 Å². The molecule has 1 heterocycles. The fourth-order valence-electron chi connectivity index (χ4n) is 3.69. The highest BCUT2D eigenvalue weighted by Gasteiger charge is 2.56. The first-order chi connectivity index (χ1) is 13.6. The highest BCUT2D eigenvalue weighted by molar-refractivity contribution is 6.13. The number of fused-ring (bicyclic) bond motifs is 1. The van der Waals surface area contributed by atoms with Crippen LogP contribution in [0.25, 0.3) is 10.9 Å². The zero-order valence-corrected chi connectivity index (χ0v) is 16.0. The number of aromatic nitrogens is 1. The molecule has 144 valence electrons. The highest BCUT2D eigenvalue weighted by Crippen LogP contribution is 2.47. The van der Waals surface area contributed by atoms with Crippen LogP contribution in [0.3, 0.4) is 0 Å². The van der Waals surface area contributed by atoms with E-state index in [-0.39, 0.29) is 11.8 Å². The van der Waals surface area contributed by atoms with E-state index < -0.39 is 5.41 Å². The predicted octanol–water partition coefficient (Wildman–Crippen LogP) is 3.81. The lowest BCUT2D eigenvalue weighted by Gasteiger charge is -2.17. The summed E-state index contributed by atoms with van der Waals surface area (Å²) in [6, 6.07) is 15.9. The first-order valence-corrected chi connectivity index (χ1v) is 9.87. The van der Waals surface area contributed by atoms with Crippen molar-refractivity contribution < 1.29 is 9.59 Å². The zero-order valence-electron chi connectivity index (χ0n) is 16.0. The standard InChI is InChI=1S/C23H25N3O2/c1-2-16-7-3-5-9-19(16)26-22(28)23(12-13-23)21(27)24-14-11-17-15-25-20-10-6-4-8-18(17)20/h3-10,15,25H,2,11-14H2,1H3,(H,24,27)(H,26,28). The molecule has 5 nitrogen and oxygen atoms in total. The van der Waals surface area contributed by atoms with Crippen molar-refractivity contribution in [2.75, 3.05) is 11.9 Å². The van der Waals surface area contributed by atoms with Gasteiger partial charge >= 0.3 is 0 Å². The van der Waals surface area contributed by atoms with Gasteiger partial charge < -0.3 is 15.6 Å². The molecule has 0 radical (unpaired) electrons. The van der Waals surface area contributed by atoms with Gasteiger partial charge in [-0.2, -0.15) is 0 Å². The molecule has 3 N–H and O–H groups in total. The van der Waals surface area contributed by atoms with Crippen molar-refractivity contribution in [2.45, 2.75) is 32.6 Å². The number of hydrogen-bond donors (Lipinski definition) is 3. The van der Waals surface area contributed by atoms with Crippen LogP contribution >= 0.6 is 0 Å². The Bertz CT molecular complexity index is 1020. The third-order valence-corrected chi connectivity index (χ3v) is 5.62. The van der Waals surface area contributed by atoms with Gasteiger partial charge in [0.25, 0.3) is 0 Å². The highest BCUT2D eigenvalue weighted by atomic mass is 16.2. The molecule has 0 aliphatic heterocycles. The molecule has 1 fully saturated rings. The number of carbonyl (C=O) groups is 2. The van der Waals surface area contributed by atoms with Gasteiger partial charge in [-0.3, -0.25) is 9.59 Å². The van der Waals surface area contributed by atoms with Gasteiger partial charge in [0, 0.05) is 29.3 Å². The molecule has 0 bridgehead atoms. The van der Waals surface area contributed by atoms with Crippen molar-refractivity contribution in [1.29, 1.82) is 0 Å². The summed E-state index contributed by atoms with van der Waals surface area (Å²) in [6.45, 7) is 2.57. The number of hydrogen-bond acceptors (Lipinski definition) is 2. The fourth-order valence-corrected chi connectivity index (χ4v) is 3.69. The Morgan fingerprint density at radius 2 is 1.75 bits per heavy atom. The van der Waals surface area contributed by atoms with E-state index in [0.29, 0.717) is 19.4 Å². The van der Waals surface area contributed by atoms with E-state index in [9.17, 15) is 9.59 Å². The summed E-state index contributed by atoms with van der Waals surface area (Å²) in [5.74, 6) is -0.364. The number of carbonyl (C=O) groups excluding carboxylic acids is 2. The second kappa shape index (κ2) is 7.50. The monoisotopic (exact) mass is 375 g/mol. The molecule has 2 amide bonds. The number of nitrogens with one attached hydrogen (secondary N) is 3. The molecule has 0 unspecified atom stereocenters. The molecule has 4 rings (SSSR count). The Labute approximate surface area is 164 Å². The van der Waals surface area contributed by atoms with Gasteiger partial charge in [-0.25, -0.2) is 0 Å². The molecule has 1 aliphatic carbocycles. The normalized spacial score (nSPS) is 14.6. The molecule has 1 aromatic heterocycles. The number of H-pyrrole nitrogens is 1. The van der Waals surface area contributed by atoms with Crippen molar-refractivity contribution in [2.24, 2.45) is 5.41 Å². The van der Waals surface area contributed by atoms with E-state index in [1.54, 1.807) is 0 Å². The number of benzene rings is 2. The summed E-state index contributed by atoms with van der Waals surface area (Å²) in [5.41, 5.74) is 3.22. The van der Waals surface area contributed by atoms with Gasteiger partial charge in [0.05, 0.1) is 0 Å². The molecule has 0 atom stereocenters. The van der Waals surface area contributed by atoms with Crippen LogP contribution in [0.15, 0.2) is 54.7 Å². The molecule has 1 aliphatic rings. The minimum Gasteiger partial charge on any atom is -0.361 e. The molecule has 0 saturated heterocycles. The van der Waals surface area contributed by atoms with Gasteiger partial charge in [0.15, 0.2) is 0 Å². The van der Waals surface area contributed by atoms with Gasteiger partial charge in [-0.15, -0.1) is 0 Å². The molecular weight excluding hydrogens is 350 g/mol. The van der Waals surface area contributed by atoms with Gasteiger partial charge in [-0.05, 0) is 48.9 Å². The first kappa shape index (κ1) is 18.3. The van der Waals surface area contributed by atoms with Crippen molar-refractivity contribution in [3.05, 3.63) is 65.9 Å². The SMILES string of the molecule is CCc1ccccc1NC(=O)C1(C(=O)NCCc2c[nH]c3ccccc23)CC1. The lowest BCUT2D eigenvalue weighted by molar-refractivity contribution is -0.134. The van der Waals surface area contributed by atoms with E-state index in [2.05, 4.69) is 28.6 Å². The first-order valence-electron chi connectivity index (χ1n) is 9.87. The predicted molar refractivity (Wildman–Crippen MR) is 111 cm³/mol. The molecule has 0 spiro atoms. The van der Waals surface area contributed by atoms with Crippen LogP contribution in [-0.2, 0) is 22.4 Å². The van der Waals surface area contributed by atoms with Crippen LogP contribution in [0.1, 0.15) is 30.9 Å². The fraction of sp³-hybridized carbons (Fsp3) is 0.304. The zero-order chi connectivity index (χ0) is 19.6. The van der Waals surface area contributed by atoms with E-state index >= 15 is 0 Å². The number of para-hydroxylation sites is 2. The molecule has 3 aromatic rings. The lowest BCUT2D eigenvalue weighted by Crippen LogP contribution is -2.40. The maximum atomic E-state index is 12.8. The van der Waals surface area contributed by atoms with Crippen LogP contribution in [-0.4, -0.2) is 23.3 Å². The van der Waals surface area contributed by atoms with Crippen LogP contribution in [0, 0.1) is 5.41 Å². The number of aromatic amines is 1.